The summed E-state index contributed by atoms with van der Waals surface area (Å²) in [6.45, 7) is 4.42. The lowest BCUT2D eigenvalue weighted by atomic mass is 10.1. The number of amides is 1. The summed E-state index contributed by atoms with van der Waals surface area (Å²) in [5.41, 5.74) is -0.463. The number of nitrogens with one attached hydrogen (secondary N) is 1. The SMILES string of the molecule is CCN(CC)c1ccc(C(F)(F)F)cc1NC(=O)Cn1cnc2c(cnn2C)c1=O. The molecule has 0 saturated carbocycles. The molecule has 11 heteroatoms. The van der Waals surface area contributed by atoms with Crippen molar-refractivity contribution in [2.24, 2.45) is 7.05 Å². The Bertz CT molecular complexity index is 1130. The second kappa shape index (κ2) is 8.17. The highest BCUT2D eigenvalue weighted by molar-refractivity contribution is 5.94. The fourth-order valence-corrected chi connectivity index (χ4v) is 3.18. The lowest BCUT2D eigenvalue weighted by molar-refractivity contribution is -0.137. The number of anilines is 2. The molecule has 160 valence electrons. The Morgan fingerprint density at radius 1 is 1.23 bits per heavy atom. The van der Waals surface area contributed by atoms with Gasteiger partial charge in [0.25, 0.3) is 5.56 Å². The molecule has 0 bridgehead atoms. The highest BCUT2D eigenvalue weighted by atomic mass is 19.4. The van der Waals surface area contributed by atoms with E-state index in [1.807, 2.05) is 18.7 Å². The van der Waals surface area contributed by atoms with Crippen molar-refractivity contribution in [2.75, 3.05) is 23.3 Å². The number of halogens is 3. The van der Waals surface area contributed by atoms with Crippen LogP contribution in [0.5, 0.6) is 0 Å². The maximum absolute atomic E-state index is 13.2. The number of carbonyl (C=O) groups is 1. The Hall–Kier alpha value is -3.37. The van der Waals surface area contributed by atoms with Gasteiger partial charge in [0, 0.05) is 20.1 Å². The molecule has 30 heavy (non-hydrogen) atoms. The van der Waals surface area contributed by atoms with Crippen molar-refractivity contribution in [3.05, 3.63) is 46.6 Å². The maximum Gasteiger partial charge on any atom is 0.416 e. The number of nitrogens with zero attached hydrogens (tertiary/aromatic N) is 5. The minimum Gasteiger partial charge on any atom is -0.370 e. The highest BCUT2D eigenvalue weighted by Gasteiger charge is 2.31. The Kier molecular flexibility index (Phi) is 5.81. The Morgan fingerprint density at radius 3 is 2.57 bits per heavy atom. The molecular weight excluding hydrogens is 401 g/mol. The van der Waals surface area contributed by atoms with Crippen molar-refractivity contribution in [3.8, 4) is 0 Å². The first kappa shape index (κ1) is 21.3. The van der Waals surface area contributed by atoms with Gasteiger partial charge in [0.05, 0.1) is 23.1 Å². The molecule has 0 aliphatic rings. The molecule has 0 saturated heterocycles. The predicted molar refractivity (Wildman–Crippen MR) is 106 cm³/mol. The number of carbonyl (C=O) groups excluding carboxylic acids is 1. The molecule has 2 heterocycles. The maximum atomic E-state index is 13.2. The Morgan fingerprint density at radius 2 is 1.93 bits per heavy atom. The monoisotopic (exact) mass is 422 g/mol. The zero-order valence-corrected chi connectivity index (χ0v) is 16.7. The van der Waals surface area contributed by atoms with E-state index in [1.165, 1.54) is 23.3 Å². The largest absolute Gasteiger partial charge is 0.416 e. The minimum atomic E-state index is -4.55. The predicted octanol–water partition coefficient (Wildman–Crippen LogP) is 2.63. The van der Waals surface area contributed by atoms with Crippen molar-refractivity contribution >= 4 is 28.3 Å². The molecule has 0 radical (unpaired) electrons. The van der Waals surface area contributed by atoms with Crippen LogP contribution in [0, 0.1) is 0 Å². The van der Waals surface area contributed by atoms with E-state index >= 15 is 0 Å². The van der Waals surface area contributed by atoms with Gasteiger partial charge in [-0.25, -0.2) is 4.98 Å². The van der Waals surface area contributed by atoms with Crippen LogP contribution in [0.2, 0.25) is 0 Å². The van der Waals surface area contributed by atoms with E-state index in [-0.39, 0.29) is 11.1 Å². The van der Waals surface area contributed by atoms with E-state index < -0.39 is 29.8 Å². The summed E-state index contributed by atoms with van der Waals surface area (Å²) < 4.78 is 42.0. The summed E-state index contributed by atoms with van der Waals surface area (Å²) >= 11 is 0. The van der Waals surface area contributed by atoms with Gasteiger partial charge < -0.3 is 10.2 Å². The highest BCUT2D eigenvalue weighted by Crippen LogP contribution is 2.35. The smallest absolute Gasteiger partial charge is 0.370 e. The molecule has 3 aromatic rings. The van der Waals surface area contributed by atoms with Gasteiger partial charge in [-0.1, -0.05) is 0 Å². The van der Waals surface area contributed by atoms with E-state index in [0.29, 0.717) is 24.4 Å². The molecule has 0 aliphatic carbocycles. The molecule has 3 rings (SSSR count). The van der Waals surface area contributed by atoms with Gasteiger partial charge in [-0.15, -0.1) is 0 Å². The van der Waals surface area contributed by atoms with Crippen molar-refractivity contribution in [1.82, 2.24) is 19.3 Å². The summed E-state index contributed by atoms with van der Waals surface area (Å²) in [5, 5.41) is 6.71. The fourth-order valence-electron chi connectivity index (χ4n) is 3.18. The number of aryl methyl sites for hydroxylation is 1. The van der Waals surface area contributed by atoms with Crippen LogP contribution in [0.4, 0.5) is 24.5 Å². The van der Waals surface area contributed by atoms with Gasteiger partial charge >= 0.3 is 6.18 Å². The molecule has 2 aromatic heterocycles. The van der Waals surface area contributed by atoms with Gasteiger partial charge in [0.1, 0.15) is 18.3 Å². The molecule has 1 aromatic carbocycles. The van der Waals surface area contributed by atoms with Crippen LogP contribution in [-0.4, -0.2) is 38.3 Å². The summed E-state index contributed by atoms with van der Waals surface area (Å²) in [7, 11) is 1.63. The number of hydrogen-bond donors (Lipinski definition) is 1. The number of alkyl halides is 3. The van der Waals surface area contributed by atoms with Crippen LogP contribution < -0.4 is 15.8 Å². The molecule has 0 atom stereocenters. The second-order valence-corrected chi connectivity index (χ2v) is 6.63. The molecule has 0 aliphatic heterocycles. The summed E-state index contributed by atoms with van der Waals surface area (Å²) in [6.07, 6.45) is -1.98. The minimum absolute atomic E-state index is 0.0296. The third-order valence-electron chi connectivity index (χ3n) is 4.73. The van der Waals surface area contributed by atoms with Gasteiger partial charge in [-0.05, 0) is 32.0 Å². The summed E-state index contributed by atoms with van der Waals surface area (Å²) in [4.78, 5) is 31.0. The quantitative estimate of drug-likeness (QED) is 0.660. The van der Waals surface area contributed by atoms with Gasteiger partial charge in [0.15, 0.2) is 5.65 Å². The molecule has 1 N–H and O–H groups in total. The summed E-state index contributed by atoms with van der Waals surface area (Å²) in [5.74, 6) is -0.644. The molecule has 8 nitrogen and oxygen atoms in total. The van der Waals surface area contributed by atoms with Crippen LogP contribution >= 0.6 is 0 Å². The molecule has 0 unspecified atom stereocenters. The zero-order chi connectivity index (χ0) is 22.1. The number of benzene rings is 1. The average molecular weight is 422 g/mol. The normalized spacial score (nSPS) is 11.7. The lowest BCUT2D eigenvalue weighted by Gasteiger charge is -2.25. The van der Waals surface area contributed by atoms with Gasteiger partial charge in [-0.2, -0.15) is 18.3 Å². The van der Waals surface area contributed by atoms with Crippen molar-refractivity contribution < 1.29 is 18.0 Å². The number of fused-ring (bicyclic) bond motifs is 1. The third kappa shape index (κ3) is 4.14. The zero-order valence-electron chi connectivity index (χ0n) is 16.7. The average Bonchev–Trinajstić information content (AvgIpc) is 3.07. The Labute approximate surface area is 169 Å². The van der Waals surface area contributed by atoms with Crippen molar-refractivity contribution in [2.45, 2.75) is 26.6 Å². The van der Waals surface area contributed by atoms with Crippen LogP contribution in [0.25, 0.3) is 11.0 Å². The van der Waals surface area contributed by atoms with Crippen LogP contribution in [0.15, 0.2) is 35.5 Å². The summed E-state index contributed by atoms with van der Waals surface area (Å²) in [6, 6.07) is 3.21. The number of aromatic nitrogens is 4. The van der Waals surface area contributed by atoms with E-state index in [1.54, 1.807) is 7.05 Å². The van der Waals surface area contributed by atoms with Gasteiger partial charge in [0.2, 0.25) is 5.91 Å². The first-order valence-electron chi connectivity index (χ1n) is 9.28. The molecular formula is C19H21F3N6O2. The molecule has 0 spiro atoms. The lowest BCUT2D eigenvalue weighted by Crippen LogP contribution is -2.29. The first-order chi connectivity index (χ1) is 14.2. The standard InChI is InChI=1S/C19H21F3N6O2/c1-4-27(5-2)15-7-6-12(19(20,21)22)8-14(15)25-16(29)10-28-11-23-17-13(18(28)30)9-24-26(17)3/h6-9,11H,4-5,10H2,1-3H3,(H,25,29). The number of hydrogen-bond acceptors (Lipinski definition) is 5. The van der Waals surface area contributed by atoms with E-state index in [2.05, 4.69) is 15.4 Å². The number of rotatable bonds is 6. The second-order valence-electron chi connectivity index (χ2n) is 6.63. The molecule has 1 amide bonds. The fraction of sp³-hybridized carbons (Fsp3) is 0.368. The molecule has 0 fully saturated rings. The van der Waals surface area contributed by atoms with E-state index in [0.717, 1.165) is 16.7 Å². The van der Waals surface area contributed by atoms with E-state index in [9.17, 15) is 22.8 Å². The van der Waals surface area contributed by atoms with Crippen LogP contribution in [-0.2, 0) is 24.6 Å². The van der Waals surface area contributed by atoms with Crippen LogP contribution in [0.3, 0.4) is 0 Å². The van der Waals surface area contributed by atoms with Crippen LogP contribution in [0.1, 0.15) is 19.4 Å². The topological polar surface area (TPSA) is 85.1 Å². The first-order valence-corrected chi connectivity index (χ1v) is 9.28. The Balaban J connectivity index is 1.91. The van der Waals surface area contributed by atoms with Crippen molar-refractivity contribution in [1.29, 1.82) is 0 Å². The third-order valence-corrected chi connectivity index (χ3v) is 4.73. The van der Waals surface area contributed by atoms with Crippen molar-refractivity contribution in [3.63, 3.8) is 0 Å². The van der Waals surface area contributed by atoms with E-state index in [4.69, 9.17) is 0 Å². The van der Waals surface area contributed by atoms with Gasteiger partial charge in [-0.3, -0.25) is 18.8 Å².